The van der Waals surface area contributed by atoms with Crippen molar-refractivity contribution in [3.8, 4) is 0 Å². The second kappa shape index (κ2) is 4.71. The molecule has 0 saturated heterocycles. The second-order valence-electron chi connectivity index (χ2n) is 2.56. The molecule has 3 N–H and O–H groups in total. The summed E-state index contributed by atoms with van der Waals surface area (Å²) in [6.45, 7) is 3.57. The van der Waals surface area contributed by atoms with E-state index < -0.39 is 0 Å². The molecule has 0 aliphatic carbocycles. The molecule has 0 aromatic heterocycles. The number of esters is 1. The lowest BCUT2D eigenvalue weighted by molar-refractivity contribution is -0.147. The summed E-state index contributed by atoms with van der Waals surface area (Å²) in [4.78, 5) is 10.8. The minimum atomic E-state index is -0.296. The Hall–Kier alpha value is -1.06. The number of ether oxygens (including phenoxy) is 1. The molecular formula is C7H14N2O2. The van der Waals surface area contributed by atoms with Gasteiger partial charge < -0.3 is 10.5 Å². The van der Waals surface area contributed by atoms with Crippen LogP contribution in [0.2, 0.25) is 0 Å². The molecule has 0 unspecified atom stereocenters. The largest absolute Gasteiger partial charge is 0.463 e. The van der Waals surface area contributed by atoms with Crippen molar-refractivity contribution in [3.05, 3.63) is 0 Å². The van der Waals surface area contributed by atoms with Gasteiger partial charge in [-0.2, -0.15) is 0 Å². The zero-order valence-corrected chi connectivity index (χ0v) is 6.89. The van der Waals surface area contributed by atoms with Gasteiger partial charge in [0, 0.05) is 6.42 Å². The van der Waals surface area contributed by atoms with E-state index in [1.807, 2.05) is 0 Å². The van der Waals surface area contributed by atoms with Crippen LogP contribution in [0.1, 0.15) is 26.7 Å². The van der Waals surface area contributed by atoms with E-state index in [1.165, 1.54) is 0 Å². The fraction of sp³-hybridized carbons (Fsp3) is 0.714. The maximum absolute atomic E-state index is 10.8. The van der Waals surface area contributed by atoms with Gasteiger partial charge in [-0.25, -0.2) is 0 Å². The number of rotatable bonds is 4. The second-order valence-corrected chi connectivity index (χ2v) is 2.56. The average Bonchev–Trinajstić information content (AvgIpc) is 1.82. The number of hydrogen-bond acceptors (Lipinski definition) is 3. The average molecular weight is 158 g/mol. The first kappa shape index (κ1) is 9.94. The van der Waals surface area contributed by atoms with Crippen LogP contribution < -0.4 is 5.73 Å². The molecule has 0 rings (SSSR count). The first-order chi connectivity index (χ1) is 5.02. The molecule has 0 bridgehead atoms. The monoisotopic (exact) mass is 158 g/mol. The Labute approximate surface area is 66.2 Å². The molecule has 0 atom stereocenters. The third-order valence-electron chi connectivity index (χ3n) is 0.966. The molecule has 0 aliphatic heterocycles. The normalized spacial score (nSPS) is 9.73. The number of hydrogen-bond donors (Lipinski definition) is 2. The molecule has 4 nitrogen and oxygen atoms in total. The van der Waals surface area contributed by atoms with E-state index in [0.29, 0.717) is 0 Å². The maximum atomic E-state index is 10.8. The van der Waals surface area contributed by atoms with Crippen LogP contribution in [0.5, 0.6) is 0 Å². The lowest BCUT2D eigenvalue weighted by Crippen LogP contribution is -2.15. The van der Waals surface area contributed by atoms with Gasteiger partial charge in [0.15, 0.2) is 0 Å². The molecule has 0 amide bonds. The summed E-state index contributed by atoms with van der Waals surface area (Å²) < 4.78 is 4.81. The zero-order chi connectivity index (χ0) is 8.85. The Kier molecular flexibility index (Phi) is 4.26. The Morgan fingerprint density at radius 1 is 1.55 bits per heavy atom. The van der Waals surface area contributed by atoms with Gasteiger partial charge >= 0.3 is 5.97 Å². The summed E-state index contributed by atoms with van der Waals surface area (Å²) >= 11 is 0. The third kappa shape index (κ3) is 6.83. The van der Waals surface area contributed by atoms with Crippen molar-refractivity contribution >= 4 is 11.8 Å². The summed E-state index contributed by atoms with van der Waals surface area (Å²) in [5.41, 5.74) is 5.05. The van der Waals surface area contributed by atoms with Crippen LogP contribution >= 0.6 is 0 Å². The molecule has 0 heterocycles. The topological polar surface area (TPSA) is 76.2 Å². The summed E-state index contributed by atoms with van der Waals surface area (Å²) in [6, 6.07) is 0. The molecule has 0 radical (unpaired) electrons. The smallest absolute Gasteiger partial charge is 0.306 e. The van der Waals surface area contributed by atoms with Crippen LogP contribution in [-0.2, 0) is 9.53 Å². The van der Waals surface area contributed by atoms with Crippen molar-refractivity contribution in [1.29, 1.82) is 5.41 Å². The number of nitrogens with two attached hydrogens (primary N) is 1. The van der Waals surface area contributed by atoms with E-state index >= 15 is 0 Å². The predicted octanol–water partition coefficient (Wildman–Crippen LogP) is 0.654. The summed E-state index contributed by atoms with van der Waals surface area (Å²) in [5, 5.41) is 6.84. The van der Waals surface area contributed by atoms with Gasteiger partial charge in [0.2, 0.25) is 0 Å². The van der Waals surface area contributed by atoms with E-state index in [1.54, 1.807) is 13.8 Å². The van der Waals surface area contributed by atoms with E-state index in [4.69, 9.17) is 15.9 Å². The van der Waals surface area contributed by atoms with Gasteiger partial charge in [-0.05, 0) is 13.8 Å². The molecule has 64 valence electrons. The van der Waals surface area contributed by atoms with Crippen LogP contribution in [0, 0.1) is 5.41 Å². The van der Waals surface area contributed by atoms with E-state index in [2.05, 4.69) is 0 Å². The first-order valence-electron chi connectivity index (χ1n) is 3.54. The fourth-order valence-electron chi connectivity index (χ4n) is 0.559. The van der Waals surface area contributed by atoms with Gasteiger partial charge in [0.05, 0.1) is 18.4 Å². The number of carbonyl (C=O) groups excluding carboxylic acids is 1. The summed E-state index contributed by atoms with van der Waals surface area (Å²) in [7, 11) is 0. The van der Waals surface area contributed by atoms with Crippen LogP contribution in [0.25, 0.3) is 0 Å². The predicted molar refractivity (Wildman–Crippen MR) is 42.4 cm³/mol. The Morgan fingerprint density at radius 3 is 2.45 bits per heavy atom. The Morgan fingerprint density at radius 2 is 2.09 bits per heavy atom. The minimum absolute atomic E-state index is 0.0192. The summed E-state index contributed by atoms with van der Waals surface area (Å²) in [6.07, 6.45) is 0.397. The molecule has 0 aliphatic rings. The summed E-state index contributed by atoms with van der Waals surface area (Å²) in [5.74, 6) is -0.277. The number of nitrogens with one attached hydrogen (secondary N) is 1. The zero-order valence-electron chi connectivity index (χ0n) is 6.89. The molecule has 0 fully saturated rings. The van der Waals surface area contributed by atoms with E-state index in [0.717, 1.165) is 0 Å². The SMILES string of the molecule is CC(C)OC(=O)CCC(=N)N. The standard InChI is InChI=1S/C7H14N2O2/c1-5(2)11-7(10)4-3-6(8)9/h5H,3-4H2,1-2H3,(H3,8,9). The van der Waals surface area contributed by atoms with Crippen LogP contribution in [0.3, 0.4) is 0 Å². The van der Waals surface area contributed by atoms with Crippen molar-refractivity contribution < 1.29 is 9.53 Å². The minimum Gasteiger partial charge on any atom is -0.463 e. The molecule has 0 aromatic carbocycles. The number of carbonyl (C=O) groups is 1. The molecule has 4 heteroatoms. The van der Waals surface area contributed by atoms with Gasteiger partial charge in [-0.1, -0.05) is 0 Å². The van der Waals surface area contributed by atoms with Crippen molar-refractivity contribution in [2.24, 2.45) is 5.73 Å². The maximum Gasteiger partial charge on any atom is 0.306 e. The van der Waals surface area contributed by atoms with Crippen molar-refractivity contribution in [1.82, 2.24) is 0 Å². The van der Waals surface area contributed by atoms with Gasteiger partial charge in [0.25, 0.3) is 0 Å². The van der Waals surface area contributed by atoms with Gasteiger partial charge in [-0.3, -0.25) is 10.2 Å². The van der Waals surface area contributed by atoms with Gasteiger partial charge in [0.1, 0.15) is 0 Å². The van der Waals surface area contributed by atoms with Crippen LogP contribution in [0.4, 0.5) is 0 Å². The highest BCUT2D eigenvalue weighted by atomic mass is 16.5. The first-order valence-corrected chi connectivity index (χ1v) is 3.54. The molecule has 0 aromatic rings. The Balaban J connectivity index is 3.45. The molecule has 0 saturated carbocycles. The van der Waals surface area contributed by atoms with Crippen molar-refractivity contribution in [2.75, 3.05) is 0 Å². The Bertz CT molecular complexity index is 155. The lowest BCUT2D eigenvalue weighted by atomic mass is 10.3. The molecule has 0 spiro atoms. The van der Waals surface area contributed by atoms with E-state index in [9.17, 15) is 4.79 Å². The third-order valence-corrected chi connectivity index (χ3v) is 0.966. The lowest BCUT2D eigenvalue weighted by Gasteiger charge is -2.06. The number of amidine groups is 1. The molecule has 11 heavy (non-hydrogen) atoms. The highest BCUT2D eigenvalue weighted by Gasteiger charge is 2.04. The highest BCUT2D eigenvalue weighted by Crippen LogP contribution is 1.95. The van der Waals surface area contributed by atoms with Crippen molar-refractivity contribution in [3.63, 3.8) is 0 Å². The van der Waals surface area contributed by atoms with Gasteiger partial charge in [-0.15, -0.1) is 0 Å². The van der Waals surface area contributed by atoms with Crippen LogP contribution in [0.15, 0.2) is 0 Å². The quantitative estimate of drug-likeness (QED) is 0.358. The van der Waals surface area contributed by atoms with Crippen molar-refractivity contribution in [2.45, 2.75) is 32.8 Å². The van der Waals surface area contributed by atoms with Crippen LogP contribution in [-0.4, -0.2) is 17.9 Å². The molecular weight excluding hydrogens is 144 g/mol. The fourth-order valence-corrected chi connectivity index (χ4v) is 0.559. The van der Waals surface area contributed by atoms with E-state index in [-0.39, 0.29) is 30.8 Å². The highest BCUT2D eigenvalue weighted by molar-refractivity contribution is 5.81.